The van der Waals surface area contributed by atoms with Crippen molar-refractivity contribution >= 4 is 31.9 Å². The molecule has 0 saturated heterocycles. The minimum Gasteiger partial charge on any atom is -0.434 e. The number of benzene rings is 1. The summed E-state index contributed by atoms with van der Waals surface area (Å²) in [6.45, 7) is -3.32. The third-order valence-corrected chi connectivity index (χ3v) is 2.60. The van der Waals surface area contributed by atoms with Gasteiger partial charge in [0, 0.05) is 8.95 Å². The Balaban J connectivity index is 3.33. The zero-order chi connectivity index (χ0) is 12.5. The molecule has 0 bridgehead atoms. The van der Waals surface area contributed by atoms with E-state index in [-0.39, 0.29) is 8.95 Å². The summed E-state index contributed by atoms with van der Waals surface area (Å²) in [6, 6.07) is 1.93. The van der Waals surface area contributed by atoms with Gasteiger partial charge in [-0.1, -0.05) is 15.9 Å². The van der Waals surface area contributed by atoms with E-state index in [1.165, 1.54) is 0 Å². The molecule has 0 spiro atoms. The van der Waals surface area contributed by atoms with Crippen LogP contribution in [0.25, 0.3) is 0 Å². The van der Waals surface area contributed by atoms with Gasteiger partial charge in [0.05, 0.1) is 0 Å². The highest BCUT2D eigenvalue weighted by Crippen LogP contribution is 2.43. The van der Waals surface area contributed by atoms with Crippen molar-refractivity contribution in [2.45, 2.75) is 12.8 Å². The van der Waals surface area contributed by atoms with E-state index in [1.807, 2.05) is 0 Å². The Labute approximate surface area is 104 Å². The maximum atomic E-state index is 12.5. The van der Waals surface area contributed by atoms with E-state index in [2.05, 4.69) is 36.6 Å². The van der Waals surface area contributed by atoms with Crippen LogP contribution in [0.15, 0.2) is 21.1 Å². The van der Waals surface area contributed by atoms with Gasteiger partial charge in [-0.3, -0.25) is 0 Å². The summed E-state index contributed by atoms with van der Waals surface area (Å²) in [5.41, 5.74) is -1.27. The van der Waals surface area contributed by atoms with E-state index in [0.29, 0.717) is 0 Å². The maximum Gasteiger partial charge on any atom is 0.421 e. The summed E-state index contributed by atoms with van der Waals surface area (Å²) < 4.78 is 65.1. The van der Waals surface area contributed by atoms with Crippen molar-refractivity contribution in [1.29, 1.82) is 0 Å². The minimum absolute atomic E-state index is 0.197. The van der Waals surface area contributed by atoms with Crippen molar-refractivity contribution in [1.82, 2.24) is 0 Å². The zero-order valence-corrected chi connectivity index (χ0v) is 10.5. The fourth-order valence-corrected chi connectivity index (χ4v) is 2.42. The minimum atomic E-state index is -4.77. The van der Waals surface area contributed by atoms with Crippen LogP contribution in [0, 0.1) is 0 Å². The van der Waals surface area contributed by atoms with Crippen molar-refractivity contribution in [2.24, 2.45) is 0 Å². The highest BCUT2D eigenvalue weighted by atomic mass is 79.9. The van der Waals surface area contributed by atoms with Crippen LogP contribution >= 0.6 is 31.9 Å². The maximum absolute atomic E-state index is 12.5. The van der Waals surface area contributed by atoms with E-state index >= 15 is 0 Å². The number of alkyl halides is 5. The van der Waals surface area contributed by atoms with Crippen LogP contribution < -0.4 is 4.74 Å². The first kappa shape index (κ1) is 13.7. The first-order chi connectivity index (χ1) is 7.21. The predicted molar refractivity (Wildman–Crippen MR) is 53.5 cm³/mol. The van der Waals surface area contributed by atoms with Crippen LogP contribution in [-0.2, 0) is 6.18 Å². The summed E-state index contributed by atoms with van der Waals surface area (Å²) in [6.07, 6.45) is -4.77. The van der Waals surface area contributed by atoms with E-state index < -0.39 is 24.1 Å². The number of hydrogen-bond donors (Lipinski definition) is 0. The Hall–Kier alpha value is -0.370. The number of halogens is 7. The highest BCUT2D eigenvalue weighted by molar-refractivity contribution is 9.11. The Morgan fingerprint density at radius 2 is 1.69 bits per heavy atom. The molecule has 1 nitrogen and oxygen atoms in total. The topological polar surface area (TPSA) is 9.23 Å². The summed E-state index contributed by atoms with van der Waals surface area (Å²) >= 11 is 5.53. The average molecular weight is 370 g/mol. The first-order valence-electron chi connectivity index (χ1n) is 3.73. The molecule has 0 unspecified atom stereocenters. The lowest BCUT2D eigenvalue weighted by Gasteiger charge is -2.15. The molecule has 0 aliphatic heterocycles. The van der Waals surface area contributed by atoms with Gasteiger partial charge in [-0.2, -0.15) is 22.0 Å². The smallest absolute Gasteiger partial charge is 0.421 e. The zero-order valence-electron chi connectivity index (χ0n) is 7.29. The van der Waals surface area contributed by atoms with Crippen molar-refractivity contribution in [3.05, 3.63) is 26.6 Å². The molecule has 1 aromatic carbocycles. The van der Waals surface area contributed by atoms with Crippen LogP contribution in [0.4, 0.5) is 22.0 Å². The predicted octanol–water partition coefficient (Wildman–Crippen LogP) is 4.83. The molecule has 90 valence electrons. The summed E-state index contributed by atoms with van der Waals surface area (Å²) in [5, 5.41) is 0. The second-order valence-electron chi connectivity index (χ2n) is 2.64. The molecule has 16 heavy (non-hydrogen) atoms. The van der Waals surface area contributed by atoms with Gasteiger partial charge in [-0.15, -0.1) is 0 Å². The number of hydrogen-bond acceptors (Lipinski definition) is 1. The second-order valence-corrected chi connectivity index (χ2v) is 4.41. The van der Waals surface area contributed by atoms with E-state index in [0.717, 1.165) is 12.1 Å². The third kappa shape index (κ3) is 3.31. The van der Waals surface area contributed by atoms with E-state index in [4.69, 9.17) is 0 Å². The fourth-order valence-electron chi connectivity index (χ4n) is 1.01. The van der Waals surface area contributed by atoms with Gasteiger partial charge in [-0.05, 0) is 28.1 Å². The van der Waals surface area contributed by atoms with Gasteiger partial charge < -0.3 is 4.74 Å². The van der Waals surface area contributed by atoms with Gasteiger partial charge in [0.15, 0.2) is 0 Å². The summed E-state index contributed by atoms with van der Waals surface area (Å²) in [7, 11) is 0. The molecule has 1 aromatic rings. The lowest BCUT2D eigenvalue weighted by molar-refractivity contribution is -0.142. The van der Waals surface area contributed by atoms with Crippen LogP contribution in [0.1, 0.15) is 5.56 Å². The molecule has 1 rings (SSSR count). The van der Waals surface area contributed by atoms with E-state index in [9.17, 15) is 22.0 Å². The van der Waals surface area contributed by atoms with Crippen LogP contribution in [0.5, 0.6) is 5.75 Å². The van der Waals surface area contributed by atoms with Gasteiger partial charge in [0.2, 0.25) is 0 Å². The lowest BCUT2D eigenvalue weighted by atomic mass is 10.2. The SMILES string of the molecule is FC(F)Oc1cc(Br)cc(Br)c1C(F)(F)F. The van der Waals surface area contributed by atoms with Gasteiger partial charge >= 0.3 is 12.8 Å². The molecule has 0 aliphatic carbocycles. The monoisotopic (exact) mass is 368 g/mol. The van der Waals surface area contributed by atoms with Crippen molar-refractivity contribution in [3.63, 3.8) is 0 Å². The largest absolute Gasteiger partial charge is 0.434 e. The summed E-state index contributed by atoms with van der Waals surface area (Å²) in [5.74, 6) is -0.927. The molecule has 0 aromatic heterocycles. The number of ether oxygens (including phenoxy) is 1. The Morgan fingerprint density at radius 1 is 1.12 bits per heavy atom. The molecule has 0 atom stereocenters. The van der Waals surface area contributed by atoms with Crippen molar-refractivity contribution in [3.8, 4) is 5.75 Å². The van der Waals surface area contributed by atoms with Crippen LogP contribution in [-0.4, -0.2) is 6.61 Å². The van der Waals surface area contributed by atoms with Crippen LogP contribution in [0.2, 0.25) is 0 Å². The molecule has 0 saturated carbocycles. The molecule has 0 heterocycles. The molecule has 0 aliphatic rings. The standard InChI is InChI=1S/C8H3Br2F5O/c9-3-1-4(10)6(8(13,14)15)5(2-3)16-7(11)12/h1-2,7H. The lowest BCUT2D eigenvalue weighted by Crippen LogP contribution is -2.12. The Morgan fingerprint density at radius 3 is 2.12 bits per heavy atom. The molecule has 0 radical (unpaired) electrons. The molecule has 0 fully saturated rings. The second kappa shape index (κ2) is 4.87. The molecule has 0 N–H and O–H groups in total. The molecule has 0 amide bonds. The molecule has 8 heteroatoms. The quantitative estimate of drug-likeness (QED) is 0.678. The fraction of sp³-hybridized carbons (Fsp3) is 0.250. The molecular formula is C8H3Br2F5O. The van der Waals surface area contributed by atoms with Crippen LogP contribution in [0.3, 0.4) is 0 Å². The first-order valence-corrected chi connectivity index (χ1v) is 5.31. The number of rotatable bonds is 2. The van der Waals surface area contributed by atoms with E-state index in [1.54, 1.807) is 0 Å². The highest BCUT2D eigenvalue weighted by Gasteiger charge is 2.37. The third-order valence-electron chi connectivity index (χ3n) is 1.52. The Kier molecular flexibility index (Phi) is 4.17. The van der Waals surface area contributed by atoms with Crippen molar-refractivity contribution in [2.75, 3.05) is 0 Å². The Bertz CT molecular complexity index is 391. The average Bonchev–Trinajstić information content (AvgIpc) is 1.96. The van der Waals surface area contributed by atoms with Gasteiger partial charge in [-0.25, -0.2) is 0 Å². The van der Waals surface area contributed by atoms with Gasteiger partial charge in [0.25, 0.3) is 0 Å². The van der Waals surface area contributed by atoms with Gasteiger partial charge in [0.1, 0.15) is 11.3 Å². The normalized spacial score (nSPS) is 12.0. The van der Waals surface area contributed by atoms with Crippen molar-refractivity contribution < 1.29 is 26.7 Å². The molecular weight excluding hydrogens is 367 g/mol. The summed E-state index contributed by atoms with van der Waals surface area (Å²) in [4.78, 5) is 0.